The minimum atomic E-state index is -5.26. The molecule has 0 spiro atoms. The topological polar surface area (TPSA) is 119 Å². The molecule has 12 nitrogen and oxygen atoms in total. The van der Waals surface area contributed by atoms with Gasteiger partial charge in [-0.25, -0.2) is 4.79 Å². The Kier molecular flexibility index (Phi) is 39.4. The van der Waals surface area contributed by atoms with Crippen molar-refractivity contribution < 1.29 is 70.1 Å². The minimum Gasteiger partial charge on any atom is -0.493 e. The summed E-state index contributed by atoms with van der Waals surface area (Å²) in [4.78, 5) is 15.8. The lowest BCUT2D eigenvalue weighted by atomic mass is 9.89. The standard InChI is InChI=1S/C108H145F3O12.C8H17Br/c1-113-107(108(109,110)111,95-50-30-11-31-51-95)106(112)123-105-66-93-55-91-63-100(118-71-80-40-20-6-21-41-80)89(61-101(91)119-72-81-42-22-7-23-43-81)53-87-59-96(114-67-76-32-12-2-13-33-76)85(57-97(87)115-68-77-34-14-3-15-35-77)52-86-58-99(117-70-79-38-18-5-19-39-79)88(60-98(86)116-69-78-36-16-4-17-37-78)54-90-62-103(121-74-83-46-26-9-27-47-83)92(64-102(90)120-73-82-44-24-8-25-45-82)56-94(105)65-104(93)122-75-84-48-28-10-29-49-84;1-2-3-4-5-6-7-8-9/h11,30-31,50-51,57-66,76-84H,2-10,12-29,32-49,52-56,67-75H2,1H3;2-8H2,1H3/t107-;/m1./s1. The summed E-state index contributed by atoms with van der Waals surface area (Å²) in [5.74, 6) is 8.40. The fourth-order valence-corrected chi connectivity index (χ4v) is 23.8. The molecule has 25 rings (SSSR count). The molecule has 132 heavy (non-hydrogen) atoms. The van der Waals surface area contributed by atoms with E-state index in [4.69, 9.17) is 52.1 Å². The second-order valence-corrected chi connectivity index (χ2v) is 42.9. The van der Waals surface area contributed by atoms with Crippen LogP contribution in [-0.4, -0.2) is 84.0 Å². The molecule has 19 aliphatic carbocycles. The highest BCUT2D eigenvalue weighted by molar-refractivity contribution is 9.09. The number of halogens is 4. The Balaban J connectivity index is 0.00000141. The number of benzene rings is 6. The van der Waals surface area contributed by atoms with E-state index in [-0.39, 0.29) is 24.5 Å². The quantitative estimate of drug-likeness (QED) is 0.0160. The molecule has 10 bridgehead atoms. The Labute approximate surface area is 800 Å². The molecule has 0 N–H and O–H groups in total. The summed E-state index contributed by atoms with van der Waals surface area (Å²) in [6.45, 7) is 7.15. The van der Waals surface area contributed by atoms with Crippen molar-refractivity contribution in [1.29, 1.82) is 0 Å². The number of hydrogen-bond acceptors (Lipinski definition) is 12. The minimum absolute atomic E-state index is 0.0412. The van der Waals surface area contributed by atoms with Crippen molar-refractivity contribution in [2.24, 2.45) is 53.3 Å². The van der Waals surface area contributed by atoms with Crippen LogP contribution >= 0.6 is 15.9 Å². The van der Waals surface area contributed by atoms with E-state index >= 15 is 18.0 Å². The van der Waals surface area contributed by atoms with Crippen molar-refractivity contribution in [1.82, 2.24) is 0 Å². The van der Waals surface area contributed by atoms with Crippen LogP contribution in [0.4, 0.5) is 13.2 Å². The normalized spacial score (nSPS) is 20.1. The lowest BCUT2D eigenvalue weighted by molar-refractivity contribution is -0.272. The SMILES string of the molecule is CCCCCCCCBr.CO[C@@](C(=O)Oc1cc2c(OCC3CCCCC3)cc1Cc1cc(OCC3CCCCC3)c(cc1OCC1CCCCC1)Cc1cc(OCC3CCCCC3)c(cc1OCC1CCCCC1)Cc1cc(OCC3CCCCC3)c(cc1OCC1CCCCC1)Cc1cc(OCC3CCCCC3)c(cc1OCC1CCCCC1)C2)(c1ccccc1)C(F)(F)F. The predicted molar refractivity (Wildman–Crippen MR) is 529 cm³/mol. The molecule has 0 aromatic heterocycles. The first-order valence-corrected chi connectivity index (χ1v) is 54.8. The molecule has 6 aromatic rings. The maximum atomic E-state index is 16.6. The van der Waals surface area contributed by atoms with E-state index < -0.39 is 23.3 Å². The van der Waals surface area contributed by atoms with E-state index in [1.165, 1.54) is 177 Å². The van der Waals surface area contributed by atoms with Crippen LogP contribution in [0.2, 0.25) is 0 Å². The molecular formula is C116H162BrF3O12. The first-order chi connectivity index (χ1) is 64.8. The van der Waals surface area contributed by atoms with Crippen LogP contribution in [0.25, 0.3) is 0 Å². The lowest BCUT2D eigenvalue weighted by Crippen LogP contribution is -2.52. The predicted octanol–water partition coefficient (Wildman–Crippen LogP) is 31.3. The van der Waals surface area contributed by atoms with Gasteiger partial charge in [0, 0.05) is 106 Å². The van der Waals surface area contributed by atoms with Gasteiger partial charge in [0.05, 0.1) is 59.5 Å². The summed E-state index contributed by atoms with van der Waals surface area (Å²) >= 11 is 3.42. The Morgan fingerprint density at radius 1 is 0.280 bits per heavy atom. The van der Waals surface area contributed by atoms with Crippen LogP contribution in [-0.2, 0) is 47.2 Å². The summed E-state index contributed by atoms with van der Waals surface area (Å²) in [6, 6.07) is 29.1. The third kappa shape index (κ3) is 28.9. The molecule has 0 amide bonds. The molecule has 0 heterocycles. The number of methoxy groups -OCH3 is 1. The van der Waals surface area contributed by atoms with Crippen LogP contribution in [0.3, 0.4) is 0 Å². The monoisotopic (exact) mass is 1880 g/mol. The molecule has 0 unspecified atom stereocenters. The Hall–Kier alpha value is -6.78. The van der Waals surface area contributed by atoms with Crippen LogP contribution in [0.1, 0.15) is 396 Å². The number of carbonyl (C=O) groups is 1. The third-order valence-electron chi connectivity index (χ3n) is 31.8. The average molecular weight is 1890 g/mol. The van der Waals surface area contributed by atoms with Gasteiger partial charge in [-0.3, -0.25) is 0 Å². The molecule has 0 radical (unpaired) electrons. The zero-order valence-electron chi connectivity index (χ0n) is 80.9. The number of unbranched alkanes of at least 4 members (excludes halogenated alkanes) is 5. The molecule has 9 fully saturated rings. The maximum absolute atomic E-state index is 16.6. The van der Waals surface area contributed by atoms with Gasteiger partial charge in [0.2, 0.25) is 0 Å². The fraction of sp³-hybridized carbons (Fsp3) is 0.681. The number of rotatable bonds is 37. The lowest BCUT2D eigenvalue weighted by Gasteiger charge is -2.32. The van der Waals surface area contributed by atoms with Crippen molar-refractivity contribution in [3.8, 4) is 57.5 Å². The van der Waals surface area contributed by atoms with Crippen molar-refractivity contribution in [2.75, 3.05) is 71.9 Å². The molecule has 726 valence electrons. The summed E-state index contributed by atoms with van der Waals surface area (Å²) < 4.78 is 129. The van der Waals surface area contributed by atoms with Gasteiger partial charge in [-0.1, -0.05) is 259 Å². The molecular weight excluding hydrogens is 1720 g/mol. The number of carbonyl (C=O) groups excluding carboxylic acids is 1. The van der Waals surface area contributed by atoms with Crippen LogP contribution < -0.4 is 47.4 Å². The molecule has 0 aliphatic heterocycles. The highest BCUT2D eigenvalue weighted by Crippen LogP contribution is 2.49. The number of esters is 1. The average Bonchev–Trinajstić information content (AvgIpc) is 0.754. The molecule has 0 saturated heterocycles. The van der Waals surface area contributed by atoms with Crippen molar-refractivity contribution in [2.45, 2.75) is 378 Å². The smallest absolute Gasteiger partial charge is 0.432 e. The first kappa shape index (κ1) is 99.7. The van der Waals surface area contributed by atoms with Gasteiger partial charge in [0.1, 0.15) is 57.5 Å². The van der Waals surface area contributed by atoms with Gasteiger partial charge < -0.3 is 52.1 Å². The number of alkyl halides is 4. The molecule has 16 heteroatoms. The van der Waals surface area contributed by atoms with Crippen molar-refractivity contribution in [3.05, 3.63) is 152 Å². The van der Waals surface area contributed by atoms with E-state index in [0.717, 1.165) is 260 Å². The van der Waals surface area contributed by atoms with Gasteiger partial charge in [0.15, 0.2) is 0 Å². The highest BCUT2D eigenvalue weighted by Gasteiger charge is 2.64. The van der Waals surface area contributed by atoms with E-state index in [0.29, 0.717) is 160 Å². The summed E-state index contributed by atoms with van der Waals surface area (Å²) in [5, 5.41) is 1.18. The first-order valence-electron chi connectivity index (χ1n) is 53.7. The summed E-state index contributed by atoms with van der Waals surface area (Å²) in [5.41, 5.74) is 4.80. The van der Waals surface area contributed by atoms with Crippen LogP contribution in [0.5, 0.6) is 57.5 Å². The highest BCUT2D eigenvalue weighted by atomic mass is 79.9. The molecule has 1 atom stereocenters. The van der Waals surface area contributed by atoms with Crippen molar-refractivity contribution in [3.63, 3.8) is 0 Å². The summed E-state index contributed by atoms with van der Waals surface area (Å²) in [6.07, 6.45) is 56.4. The third-order valence-corrected chi connectivity index (χ3v) is 32.3. The van der Waals surface area contributed by atoms with E-state index in [2.05, 4.69) is 71.4 Å². The van der Waals surface area contributed by atoms with Crippen LogP contribution in [0, 0.1) is 53.3 Å². The Morgan fingerprint density at radius 3 is 0.659 bits per heavy atom. The molecule has 6 aromatic carbocycles. The number of hydrogen-bond donors (Lipinski definition) is 0. The zero-order chi connectivity index (χ0) is 91.0. The van der Waals surface area contributed by atoms with E-state index in [9.17, 15) is 0 Å². The number of ether oxygens (including phenoxy) is 11. The van der Waals surface area contributed by atoms with E-state index in [1.807, 2.05) is 6.07 Å². The zero-order valence-corrected chi connectivity index (χ0v) is 82.5. The van der Waals surface area contributed by atoms with Gasteiger partial charge >= 0.3 is 12.1 Å². The molecule has 19 aliphatic rings. The van der Waals surface area contributed by atoms with Crippen LogP contribution in [0.15, 0.2) is 91.0 Å². The molecule has 9 saturated carbocycles. The summed E-state index contributed by atoms with van der Waals surface area (Å²) in [7, 11) is 0.944. The second kappa shape index (κ2) is 52.1. The largest absolute Gasteiger partial charge is 0.493 e. The maximum Gasteiger partial charge on any atom is 0.432 e. The fourth-order valence-electron chi connectivity index (χ4n) is 23.4. The Bertz CT molecular complexity index is 4390. The van der Waals surface area contributed by atoms with E-state index in [1.54, 1.807) is 12.1 Å². The van der Waals surface area contributed by atoms with Gasteiger partial charge in [-0.05, 0) is 236 Å². The Morgan fingerprint density at radius 2 is 0.470 bits per heavy atom. The second-order valence-electron chi connectivity index (χ2n) is 42.2. The van der Waals surface area contributed by atoms with Gasteiger partial charge in [-0.2, -0.15) is 13.2 Å². The van der Waals surface area contributed by atoms with Gasteiger partial charge in [0.25, 0.3) is 5.60 Å². The van der Waals surface area contributed by atoms with Crippen molar-refractivity contribution >= 4 is 21.9 Å². The van der Waals surface area contributed by atoms with Gasteiger partial charge in [-0.15, -0.1) is 0 Å².